The second kappa shape index (κ2) is 5.37. The quantitative estimate of drug-likeness (QED) is 0.728. The fraction of sp³-hybridized carbons (Fsp3) is 0.235. The highest BCUT2D eigenvalue weighted by Gasteiger charge is 2.26. The van der Waals surface area contributed by atoms with E-state index >= 15 is 0 Å². The number of ketones is 1. The van der Waals surface area contributed by atoms with Gasteiger partial charge in [-0.05, 0) is 36.5 Å². The van der Waals surface area contributed by atoms with E-state index in [1.165, 1.54) is 18.6 Å². The van der Waals surface area contributed by atoms with Crippen molar-refractivity contribution in [1.82, 2.24) is 0 Å². The molecule has 0 bridgehead atoms. The van der Waals surface area contributed by atoms with Gasteiger partial charge in [-0.2, -0.15) is 0 Å². The minimum Gasteiger partial charge on any atom is -0.288 e. The van der Waals surface area contributed by atoms with Gasteiger partial charge < -0.3 is 0 Å². The number of rotatable bonds is 3. The van der Waals surface area contributed by atoms with Crippen LogP contribution in [-0.4, -0.2) is 5.78 Å². The van der Waals surface area contributed by atoms with Gasteiger partial charge in [0.2, 0.25) is 0 Å². The Morgan fingerprint density at radius 2 is 1.85 bits per heavy atom. The molecule has 0 radical (unpaired) electrons. The molecular formula is C17H14ClFO. The molecule has 1 fully saturated rings. The molecule has 2 aromatic carbocycles. The van der Waals surface area contributed by atoms with Gasteiger partial charge in [0, 0.05) is 5.56 Å². The van der Waals surface area contributed by atoms with Gasteiger partial charge in [-0.15, -0.1) is 0 Å². The Labute approximate surface area is 122 Å². The van der Waals surface area contributed by atoms with E-state index in [1.54, 1.807) is 12.1 Å². The van der Waals surface area contributed by atoms with E-state index in [0.717, 1.165) is 18.4 Å². The lowest BCUT2D eigenvalue weighted by Gasteiger charge is -2.27. The summed E-state index contributed by atoms with van der Waals surface area (Å²) in [5.74, 6) is -0.470. The zero-order chi connectivity index (χ0) is 14.1. The zero-order valence-electron chi connectivity index (χ0n) is 10.9. The van der Waals surface area contributed by atoms with Crippen LogP contribution in [0.2, 0.25) is 5.02 Å². The first-order valence-electron chi connectivity index (χ1n) is 6.76. The lowest BCUT2D eigenvalue weighted by atomic mass is 9.77. The van der Waals surface area contributed by atoms with Gasteiger partial charge in [-0.25, -0.2) is 4.39 Å². The average molecular weight is 289 g/mol. The lowest BCUT2D eigenvalue weighted by molar-refractivity contribution is 0.103. The van der Waals surface area contributed by atoms with E-state index < -0.39 is 5.82 Å². The highest BCUT2D eigenvalue weighted by atomic mass is 35.5. The Bertz CT molecular complexity index is 642. The molecule has 1 aliphatic carbocycles. The maximum absolute atomic E-state index is 13.9. The molecule has 0 aromatic heterocycles. The third kappa shape index (κ3) is 2.25. The van der Waals surface area contributed by atoms with Gasteiger partial charge in [0.15, 0.2) is 5.78 Å². The van der Waals surface area contributed by atoms with Crippen LogP contribution in [0.3, 0.4) is 0 Å². The predicted octanol–water partition coefficient (Wildman–Crippen LogP) is 4.98. The van der Waals surface area contributed by atoms with E-state index in [-0.39, 0.29) is 16.4 Å². The van der Waals surface area contributed by atoms with E-state index in [1.807, 2.05) is 18.2 Å². The standard InChI is InChI=1S/C17H14ClFO/c18-14-9-4-10-15(19)16(14)17(20)13-8-2-1-7-12(13)11-5-3-6-11/h1-2,4,7-11H,3,5-6H2. The van der Waals surface area contributed by atoms with Crippen LogP contribution in [0, 0.1) is 5.82 Å². The Morgan fingerprint density at radius 3 is 2.50 bits per heavy atom. The number of halogens is 2. The molecule has 0 spiro atoms. The number of hydrogen-bond acceptors (Lipinski definition) is 1. The summed E-state index contributed by atoms with van der Waals surface area (Å²) < 4.78 is 13.9. The summed E-state index contributed by atoms with van der Waals surface area (Å²) in [6.45, 7) is 0. The summed E-state index contributed by atoms with van der Waals surface area (Å²) in [5, 5.41) is 0.165. The van der Waals surface area contributed by atoms with Crippen LogP contribution in [-0.2, 0) is 0 Å². The fourth-order valence-corrected chi connectivity index (χ4v) is 2.88. The molecule has 1 aliphatic rings. The van der Waals surface area contributed by atoms with Crippen LogP contribution in [0.25, 0.3) is 0 Å². The topological polar surface area (TPSA) is 17.1 Å². The van der Waals surface area contributed by atoms with Crippen LogP contribution in [0.1, 0.15) is 46.7 Å². The van der Waals surface area contributed by atoms with Gasteiger partial charge in [-0.3, -0.25) is 4.79 Å². The SMILES string of the molecule is O=C(c1ccccc1C1CCC1)c1c(F)cccc1Cl. The van der Waals surface area contributed by atoms with Crippen LogP contribution < -0.4 is 0 Å². The summed E-state index contributed by atoms with van der Waals surface area (Å²) in [6.07, 6.45) is 3.37. The minimum absolute atomic E-state index is 0.0269. The largest absolute Gasteiger partial charge is 0.288 e. The molecule has 0 atom stereocenters. The van der Waals surface area contributed by atoms with Crippen molar-refractivity contribution in [2.24, 2.45) is 0 Å². The maximum atomic E-state index is 13.9. The first kappa shape index (κ1) is 13.3. The molecule has 20 heavy (non-hydrogen) atoms. The van der Waals surface area contributed by atoms with Crippen molar-refractivity contribution in [3.63, 3.8) is 0 Å². The second-order valence-electron chi connectivity index (χ2n) is 5.14. The number of carbonyl (C=O) groups excluding carboxylic acids is 1. The van der Waals surface area contributed by atoms with Crippen molar-refractivity contribution in [3.8, 4) is 0 Å². The molecule has 0 amide bonds. The molecule has 0 saturated heterocycles. The summed E-state index contributed by atoms with van der Waals surface area (Å²) in [5.41, 5.74) is 1.56. The lowest BCUT2D eigenvalue weighted by Crippen LogP contribution is -2.15. The van der Waals surface area contributed by atoms with Crippen LogP contribution in [0.4, 0.5) is 4.39 Å². The molecular weight excluding hydrogens is 275 g/mol. The predicted molar refractivity (Wildman–Crippen MR) is 77.9 cm³/mol. The fourth-order valence-electron chi connectivity index (χ4n) is 2.63. The van der Waals surface area contributed by atoms with Gasteiger partial charge in [0.25, 0.3) is 0 Å². The summed E-state index contributed by atoms with van der Waals surface area (Å²) in [7, 11) is 0. The smallest absolute Gasteiger partial charge is 0.197 e. The van der Waals surface area contributed by atoms with Crippen molar-refractivity contribution in [1.29, 1.82) is 0 Å². The Balaban J connectivity index is 2.07. The van der Waals surface area contributed by atoms with E-state index in [9.17, 15) is 9.18 Å². The summed E-state index contributed by atoms with van der Waals surface area (Å²) >= 11 is 5.99. The number of benzene rings is 2. The molecule has 3 rings (SSSR count). The Morgan fingerprint density at radius 1 is 1.10 bits per heavy atom. The maximum Gasteiger partial charge on any atom is 0.197 e. The van der Waals surface area contributed by atoms with Gasteiger partial charge >= 0.3 is 0 Å². The van der Waals surface area contributed by atoms with Crippen molar-refractivity contribution in [2.45, 2.75) is 25.2 Å². The van der Waals surface area contributed by atoms with E-state index in [2.05, 4.69) is 0 Å². The minimum atomic E-state index is -0.564. The number of hydrogen-bond donors (Lipinski definition) is 0. The molecule has 102 valence electrons. The molecule has 0 aliphatic heterocycles. The monoisotopic (exact) mass is 288 g/mol. The molecule has 3 heteroatoms. The van der Waals surface area contributed by atoms with Crippen molar-refractivity contribution < 1.29 is 9.18 Å². The van der Waals surface area contributed by atoms with Crippen LogP contribution in [0.5, 0.6) is 0 Å². The average Bonchev–Trinajstić information content (AvgIpc) is 2.37. The molecule has 0 unspecified atom stereocenters. The van der Waals surface area contributed by atoms with Crippen LogP contribution in [0.15, 0.2) is 42.5 Å². The van der Waals surface area contributed by atoms with Crippen molar-refractivity contribution in [2.75, 3.05) is 0 Å². The van der Waals surface area contributed by atoms with Gasteiger partial charge in [-0.1, -0.05) is 48.4 Å². The molecule has 1 nitrogen and oxygen atoms in total. The van der Waals surface area contributed by atoms with Crippen molar-refractivity contribution in [3.05, 3.63) is 70.0 Å². The molecule has 1 saturated carbocycles. The van der Waals surface area contributed by atoms with E-state index in [4.69, 9.17) is 11.6 Å². The number of carbonyl (C=O) groups is 1. The van der Waals surface area contributed by atoms with E-state index in [0.29, 0.717) is 11.5 Å². The zero-order valence-corrected chi connectivity index (χ0v) is 11.7. The summed E-state index contributed by atoms with van der Waals surface area (Å²) in [4.78, 5) is 12.6. The van der Waals surface area contributed by atoms with Crippen LogP contribution >= 0.6 is 11.6 Å². The third-order valence-corrected chi connectivity index (χ3v) is 4.26. The third-order valence-electron chi connectivity index (χ3n) is 3.94. The van der Waals surface area contributed by atoms with Crippen molar-refractivity contribution >= 4 is 17.4 Å². The molecule has 0 heterocycles. The first-order chi connectivity index (χ1) is 9.68. The van der Waals surface area contributed by atoms with Gasteiger partial charge in [0.05, 0.1) is 10.6 Å². The molecule has 0 N–H and O–H groups in total. The normalized spacial score (nSPS) is 14.9. The van der Waals surface area contributed by atoms with Gasteiger partial charge in [0.1, 0.15) is 5.82 Å². The highest BCUT2D eigenvalue weighted by Crippen LogP contribution is 2.38. The summed E-state index contributed by atoms with van der Waals surface area (Å²) in [6, 6.07) is 11.8. The molecule has 2 aromatic rings. The highest BCUT2D eigenvalue weighted by molar-refractivity contribution is 6.35. The second-order valence-corrected chi connectivity index (χ2v) is 5.55. The first-order valence-corrected chi connectivity index (χ1v) is 7.14. The Kier molecular flexibility index (Phi) is 3.58. The Hall–Kier alpha value is -1.67.